The Labute approximate surface area is 179 Å². The van der Waals surface area contributed by atoms with Gasteiger partial charge in [0.25, 0.3) is 0 Å². The molecule has 3 N–H and O–H groups in total. The van der Waals surface area contributed by atoms with Crippen molar-refractivity contribution in [1.82, 2.24) is 9.71 Å². The highest BCUT2D eigenvalue weighted by Gasteiger charge is 2.17. The predicted molar refractivity (Wildman–Crippen MR) is 119 cm³/mol. The van der Waals surface area contributed by atoms with Gasteiger partial charge in [-0.15, -0.1) is 11.3 Å². The largest absolute Gasteiger partial charge is 0.370 e. The molecule has 0 spiro atoms. The van der Waals surface area contributed by atoms with E-state index in [1.54, 1.807) is 0 Å². The van der Waals surface area contributed by atoms with E-state index >= 15 is 0 Å². The molecule has 1 aliphatic rings. The summed E-state index contributed by atoms with van der Waals surface area (Å²) in [6.07, 6.45) is 5.71. The third-order valence-electron chi connectivity index (χ3n) is 4.51. The van der Waals surface area contributed by atoms with Gasteiger partial charge in [-0.25, -0.2) is 18.2 Å². The number of carbonyl (C=O) groups is 2. The van der Waals surface area contributed by atoms with Crippen molar-refractivity contribution in [3.63, 3.8) is 0 Å². The summed E-state index contributed by atoms with van der Waals surface area (Å²) in [5.74, 6) is -0.650. The van der Waals surface area contributed by atoms with Gasteiger partial charge in [-0.3, -0.25) is 14.8 Å². The Hall–Kier alpha value is -2.66. The SMILES string of the molecule is Cc1ccc(NC(=O)Nc2ncc(CC(=O)NS(C)(=O)=O)s2)c(N2CCCCC2)c1. The van der Waals surface area contributed by atoms with Gasteiger partial charge in [-0.2, -0.15) is 0 Å². The third kappa shape index (κ3) is 6.42. The molecule has 30 heavy (non-hydrogen) atoms. The zero-order valence-electron chi connectivity index (χ0n) is 16.9. The van der Waals surface area contributed by atoms with E-state index in [4.69, 9.17) is 0 Å². The smallest absolute Gasteiger partial charge is 0.325 e. The predicted octanol–water partition coefficient (Wildman–Crippen LogP) is 2.70. The molecule has 2 aromatic rings. The number of aryl methyl sites for hydroxylation is 1. The molecule has 0 bridgehead atoms. The number of nitrogens with zero attached hydrogens (tertiary/aromatic N) is 2. The lowest BCUT2D eigenvalue weighted by Gasteiger charge is -2.30. The maximum atomic E-state index is 12.5. The number of carbonyl (C=O) groups excluding carboxylic acids is 2. The molecule has 0 aliphatic carbocycles. The van der Waals surface area contributed by atoms with Gasteiger partial charge in [0.2, 0.25) is 15.9 Å². The van der Waals surface area contributed by atoms with Crippen LogP contribution in [0.2, 0.25) is 0 Å². The maximum Gasteiger partial charge on any atom is 0.325 e. The normalized spacial score (nSPS) is 14.3. The molecular weight excluding hydrogens is 426 g/mol. The van der Waals surface area contributed by atoms with E-state index < -0.39 is 22.0 Å². The quantitative estimate of drug-likeness (QED) is 0.621. The number of urea groups is 1. The van der Waals surface area contributed by atoms with Gasteiger partial charge in [0.05, 0.1) is 24.1 Å². The van der Waals surface area contributed by atoms with Crippen molar-refractivity contribution in [3.05, 3.63) is 34.8 Å². The summed E-state index contributed by atoms with van der Waals surface area (Å²) >= 11 is 1.11. The van der Waals surface area contributed by atoms with Crippen molar-refractivity contribution in [2.24, 2.45) is 0 Å². The van der Waals surface area contributed by atoms with Crippen molar-refractivity contribution >= 4 is 49.8 Å². The number of amides is 3. The first kappa shape index (κ1) is 22.0. The average molecular weight is 452 g/mol. The van der Waals surface area contributed by atoms with Crippen molar-refractivity contribution in [2.45, 2.75) is 32.6 Å². The molecule has 3 amide bonds. The minimum atomic E-state index is -3.61. The number of aromatic nitrogens is 1. The Morgan fingerprint density at radius 1 is 1.17 bits per heavy atom. The van der Waals surface area contributed by atoms with Crippen LogP contribution in [-0.4, -0.2) is 44.7 Å². The van der Waals surface area contributed by atoms with Crippen LogP contribution in [0.15, 0.2) is 24.4 Å². The van der Waals surface area contributed by atoms with Crippen LogP contribution in [-0.2, 0) is 21.2 Å². The Morgan fingerprint density at radius 2 is 1.90 bits per heavy atom. The van der Waals surface area contributed by atoms with Gasteiger partial charge >= 0.3 is 6.03 Å². The fourth-order valence-corrected chi connectivity index (χ4v) is 4.53. The maximum absolute atomic E-state index is 12.5. The van der Waals surface area contributed by atoms with Crippen molar-refractivity contribution in [3.8, 4) is 0 Å². The minimum absolute atomic E-state index is 0.134. The molecule has 1 fully saturated rings. The van der Waals surface area contributed by atoms with E-state index in [-0.39, 0.29) is 6.42 Å². The Bertz CT molecular complexity index is 1030. The van der Waals surface area contributed by atoms with E-state index in [1.807, 2.05) is 23.8 Å². The highest BCUT2D eigenvalue weighted by Crippen LogP contribution is 2.30. The number of benzene rings is 1. The number of sulfonamides is 1. The summed E-state index contributed by atoms with van der Waals surface area (Å²) < 4.78 is 24.1. The summed E-state index contributed by atoms with van der Waals surface area (Å²) in [7, 11) is -3.61. The van der Waals surface area contributed by atoms with E-state index in [0.717, 1.165) is 60.5 Å². The van der Waals surface area contributed by atoms with Crippen molar-refractivity contribution in [1.29, 1.82) is 0 Å². The lowest BCUT2D eigenvalue weighted by molar-refractivity contribution is -0.118. The topological polar surface area (TPSA) is 120 Å². The Morgan fingerprint density at radius 3 is 2.60 bits per heavy atom. The van der Waals surface area contributed by atoms with E-state index in [0.29, 0.717) is 10.0 Å². The molecule has 0 atom stereocenters. The number of hydrogen-bond acceptors (Lipinski definition) is 7. The van der Waals surface area contributed by atoms with Crippen LogP contribution in [0.25, 0.3) is 0 Å². The first-order valence-corrected chi connectivity index (χ1v) is 12.3. The molecule has 0 saturated carbocycles. The summed E-state index contributed by atoms with van der Waals surface area (Å²) in [4.78, 5) is 31.1. The molecule has 9 nitrogen and oxygen atoms in total. The summed E-state index contributed by atoms with van der Waals surface area (Å²) in [5.41, 5.74) is 2.85. The molecule has 1 aromatic carbocycles. The molecule has 1 aliphatic heterocycles. The second-order valence-corrected chi connectivity index (χ2v) is 10.1. The number of nitrogens with one attached hydrogen (secondary N) is 3. The molecule has 0 unspecified atom stereocenters. The van der Waals surface area contributed by atoms with E-state index in [9.17, 15) is 18.0 Å². The fraction of sp³-hybridized carbons (Fsp3) is 0.421. The number of thiazole rings is 1. The molecular formula is C19H25N5O4S2. The van der Waals surface area contributed by atoms with Gasteiger partial charge in [0.1, 0.15) is 0 Å². The third-order valence-corrected chi connectivity index (χ3v) is 6.02. The number of anilines is 3. The van der Waals surface area contributed by atoms with Crippen LogP contribution in [0, 0.1) is 6.92 Å². The molecule has 2 heterocycles. The second kappa shape index (κ2) is 9.43. The first-order valence-electron chi connectivity index (χ1n) is 9.58. The van der Waals surface area contributed by atoms with Gasteiger partial charge in [0, 0.05) is 24.2 Å². The van der Waals surface area contributed by atoms with Gasteiger partial charge in [0.15, 0.2) is 5.13 Å². The monoisotopic (exact) mass is 451 g/mol. The van der Waals surface area contributed by atoms with Crippen molar-refractivity contribution in [2.75, 3.05) is 34.9 Å². The van der Waals surface area contributed by atoms with Crippen molar-refractivity contribution < 1.29 is 18.0 Å². The van der Waals surface area contributed by atoms with Gasteiger partial charge < -0.3 is 10.2 Å². The standard InChI is InChI=1S/C19H25N5O4S2/c1-13-6-7-15(16(10-13)24-8-4-3-5-9-24)21-18(26)22-19-20-12-14(29-19)11-17(25)23-30(2,27)28/h6-7,10,12H,3-5,8-9,11H2,1-2H3,(H,23,25)(H2,20,21,22,26). The van der Waals surface area contributed by atoms with Gasteiger partial charge in [-0.05, 0) is 43.9 Å². The number of rotatable bonds is 6. The highest BCUT2D eigenvalue weighted by molar-refractivity contribution is 7.89. The minimum Gasteiger partial charge on any atom is -0.370 e. The molecule has 1 saturated heterocycles. The highest BCUT2D eigenvalue weighted by atomic mass is 32.2. The molecule has 11 heteroatoms. The lowest BCUT2D eigenvalue weighted by atomic mass is 10.1. The number of piperidine rings is 1. The molecule has 1 aromatic heterocycles. The Balaban J connectivity index is 1.62. The number of hydrogen-bond donors (Lipinski definition) is 3. The van der Waals surface area contributed by atoms with E-state index in [2.05, 4.69) is 26.6 Å². The Kier molecular flexibility index (Phi) is 6.93. The second-order valence-electron chi connectivity index (χ2n) is 7.25. The summed E-state index contributed by atoms with van der Waals surface area (Å²) in [5, 5.41) is 5.87. The first-order chi connectivity index (χ1) is 14.2. The zero-order chi connectivity index (χ0) is 21.7. The fourth-order valence-electron chi connectivity index (χ4n) is 3.24. The van der Waals surface area contributed by atoms with Crippen LogP contribution in [0.4, 0.5) is 21.3 Å². The summed E-state index contributed by atoms with van der Waals surface area (Å²) in [6, 6.07) is 5.48. The lowest BCUT2D eigenvalue weighted by Crippen LogP contribution is -2.31. The van der Waals surface area contributed by atoms with Gasteiger partial charge in [-0.1, -0.05) is 6.07 Å². The zero-order valence-corrected chi connectivity index (χ0v) is 18.5. The van der Waals surface area contributed by atoms with Crippen LogP contribution < -0.4 is 20.3 Å². The molecule has 0 radical (unpaired) electrons. The van der Waals surface area contributed by atoms with Crippen LogP contribution >= 0.6 is 11.3 Å². The molecule has 3 rings (SSSR count). The average Bonchev–Trinajstić information content (AvgIpc) is 3.08. The van der Waals surface area contributed by atoms with E-state index in [1.165, 1.54) is 12.6 Å². The van der Waals surface area contributed by atoms with Crippen LogP contribution in [0.3, 0.4) is 0 Å². The summed E-state index contributed by atoms with van der Waals surface area (Å²) in [6.45, 7) is 3.95. The molecule has 162 valence electrons. The van der Waals surface area contributed by atoms with Crippen LogP contribution in [0.1, 0.15) is 29.7 Å². The van der Waals surface area contributed by atoms with Crippen LogP contribution in [0.5, 0.6) is 0 Å².